The van der Waals surface area contributed by atoms with Crippen LogP contribution in [0.25, 0.3) is 0 Å². The Kier molecular flexibility index (Phi) is 7.24. The highest BCUT2D eigenvalue weighted by molar-refractivity contribution is 7.90. The van der Waals surface area contributed by atoms with Crippen molar-refractivity contribution in [2.75, 3.05) is 5.32 Å². The average Bonchev–Trinajstić information content (AvgIpc) is 3.10. The number of hydrogen-bond donors (Lipinski definition) is 3. The average molecular weight is 523 g/mol. The third-order valence-corrected chi connectivity index (χ3v) is 8.13. The zero-order valence-corrected chi connectivity index (χ0v) is 20.5. The number of rotatable bonds is 6. The van der Waals surface area contributed by atoms with E-state index >= 15 is 0 Å². The van der Waals surface area contributed by atoms with Gasteiger partial charge in [-0.3, -0.25) is 4.79 Å². The Morgan fingerprint density at radius 1 is 1.19 bits per heavy atom. The Morgan fingerprint density at radius 2 is 1.83 bits per heavy atom. The van der Waals surface area contributed by atoms with Gasteiger partial charge in [0.05, 0.1) is 4.90 Å². The van der Waals surface area contributed by atoms with Gasteiger partial charge < -0.3 is 9.88 Å². The summed E-state index contributed by atoms with van der Waals surface area (Å²) in [5.41, 5.74) is 1.23. The summed E-state index contributed by atoms with van der Waals surface area (Å²) in [6.07, 6.45) is 3.69. The normalized spacial score (nSPS) is 20.4. The van der Waals surface area contributed by atoms with Crippen LogP contribution in [0.3, 0.4) is 0 Å². The minimum Gasteiger partial charge on any atom is -0.345 e. The number of benzene rings is 2. The monoisotopic (exact) mass is 522 g/mol. The smallest absolute Gasteiger partial charge is 0.272 e. The number of carbonyl (C=O) groups excluding carboxylic acids is 1. The lowest BCUT2D eigenvalue weighted by molar-refractivity contribution is 0.101. The maximum Gasteiger partial charge on any atom is 0.272 e. The number of nitrogens with zero attached hydrogens (tertiary/aromatic N) is 1. The quantitative estimate of drug-likeness (QED) is 0.302. The summed E-state index contributed by atoms with van der Waals surface area (Å²) < 4.78 is 79.9. The van der Waals surface area contributed by atoms with Crippen molar-refractivity contribution in [1.82, 2.24) is 9.29 Å². The van der Waals surface area contributed by atoms with E-state index in [-0.39, 0.29) is 34.1 Å². The number of carbonyl (C=O) groups is 1. The van der Waals surface area contributed by atoms with Crippen molar-refractivity contribution in [3.05, 3.63) is 82.7 Å². The summed E-state index contributed by atoms with van der Waals surface area (Å²) in [6, 6.07) is 7.31. The van der Waals surface area contributed by atoms with Crippen molar-refractivity contribution in [3.63, 3.8) is 0 Å². The lowest BCUT2D eigenvalue weighted by atomic mass is 9.91. The fraction of sp³-hybridized carbons (Fsp3) is 0.320. The molecule has 3 atom stereocenters. The van der Waals surface area contributed by atoms with Crippen LogP contribution < -0.4 is 10.0 Å². The third-order valence-electron chi connectivity index (χ3n) is 6.52. The molecule has 1 unspecified atom stereocenters. The predicted octanol–water partition coefficient (Wildman–Crippen LogP) is 5.33. The molecular weight excluding hydrogens is 496 g/mol. The van der Waals surface area contributed by atoms with Crippen molar-refractivity contribution in [2.24, 2.45) is 13.0 Å². The zero-order chi connectivity index (χ0) is 26.2. The molecule has 3 N–H and O–H groups in total. The van der Waals surface area contributed by atoms with E-state index in [1.165, 1.54) is 22.9 Å². The first-order valence-corrected chi connectivity index (χ1v) is 13.0. The highest BCUT2D eigenvalue weighted by Crippen LogP contribution is 2.31. The molecular formula is C25H26F4N4O2S. The Morgan fingerprint density at radius 3 is 2.47 bits per heavy atom. The standard InChI is InChI=1S/C25H26F4N4O2S/c1-14(3-4-15-5-7-16(26)8-6-15)21-10-9-18-22(36(30,35)32-21)13-33(2)24(18)25(34)31-17-11-19(27)23(29)20(28)12-17/h5-8,11-14,21H,3-4,9-10H2,1-2H3,(H,31,34)(H2,30,32,35)/t14-,21+,36?/m0/s1. The third kappa shape index (κ3) is 5.31. The van der Waals surface area contributed by atoms with Gasteiger partial charge >= 0.3 is 0 Å². The molecule has 36 heavy (non-hydrogen) atoms. The van der Waals surface area contributed by atoms with Gasteiger partial charge in [0, 0.05) is 42.7 Å². The Bertz CT molecular complexity index is 1380. The zero-order valence-electron chi connectivity index (χ0n) is 19.7. The van der Waals surface area contributed by atoms with E-state index in [1.54, 1.807) is 19.2 Å². The van der Waals surface area contributed by atoms with Crippen molar-refractivity contribution < 1.29 is 26.6 Å². The molecule has 1 amide bonds. The number of fused-ring (bicyclic) bond motifs is 1. The lowest BCUT2D eigenvalue weighted by Gasteiger charge is -2.24. The van der Waals surface area contributed by atoms with Crippen molar-refractivity contribution in [3.8, 4) is 0 Å². The van der Waals surface area contributed by atoms with Crippen LogP contribution in [0, 0.1) is 34.0 Å². The van der Waals surface area contributed by atoms with E-state index in [9.17, 15) is 26.6 Å². The molecule has 6 nitrogen and oxygen atoms in total. The summed E-state index contributed by atoms with van der Waals surface area (Å²) in [7, 11) is -1.91. The maximum absolute atomic E-state index is 13.6. The highest BCUT2D eigenvalue weighted by atomic mass is 32.2. The number of nitrogens with one attached hydrogen (secondary N) is 3. The predicted molar refractivity (Wildman–Crippen MR) is 128 cm³/mol. The van der Waals surface area contributed by atoms with Gasteiger partial charge in [0.1, 0.15) is 21.4 Å². The molecule has 0 saturated heterocycles. The summed E-state index contributed by atoms with van der Waals surface area (Å²) in [4.78, 5) is 13.2. The van der Waals surface area contributed by atoms with Crippen LogP contribution in [0.5, 0.6) is 0 Å². The maximum atomic E-state index is 13.6. The van der Waals surface area contributed by atoms with Gasteiger partial charge in [0.25, 0.3) is 5.91 Å². The molecule has 0 radical (unpaired) electrons. The van der Waals surface area contributed by atoms with Crippen molar-refractivity contribution >= 4 is 21.5 Å². The molecule has 0 spiro atoms. The largest absolute Gasteiger partial charge is 0.345 e. The topological polar surface area (TPSA) is 87.0 Å². The first kappa shape index (κ1) is 25.9. The number of aromatic nitrogens is 1. The second-order valence-corrected chi connectivity index (χ2v) is 10.9. The van der Waals surface area contributed by atoms with Gasteiger partial charge in [-0.05, 0) is 49.3 Å². The van der Waals surface area contributed by atoms with Gasteiger partial charge in [0.15, 0.2) is 17.5 Å². The molecule has 2 heterocycles. The molecule has 3 aromatic rings. The Hall–Kier alpha value is -3.18. The minimum atomic E-state index is -3.46. The fourth-order valence-corrected chi connectivity index (χ4v) is 6.29. The molecule has 0 bridgehead atoms. The van der Waals surface area contributed by atoms with E-state index in [0.717, 1.165) is 5.56 Å². The Balaban J connectivity index is 1.53. The van der Waals surface area contributed by atoms with Gasteiger partial charge in [-0.1, -0.05) is 19.1 Å². The SMILES string of the molecule is C[C@@H](CCc1ccc(F)cc1)[C@H]1CCc2c(cn(C)c2C(=O)Nc2cc(F)c(F)c(F)c2)S(=N)(=O)N1. The summed E-state index contributed by atoms with van der Waals surface area (Å²) in [5, 5.41) is 2.36. The van der Waals surface area contributed by atoms with Crippen LogP contribution >= 0.6 is 0 Å². The van der Waals surface area contributed by atoms with Crippen LogP contribution in [0.1, 0.15) is 41.4 Å². The minimum absolute atomic E-state index is 0.0291. The first-order chi connectivity index (χ1) is 17.0. The molecule has 192 valence electrons. The van der Waals surface area contributed by atoms with Gasteiger partial charge in [0.2, 0.25) is 0 Å². The second-order valence-electron chi connectivity index (χ2n) is 9.10. The number of amides is 1. The summed E-state index contributed by atoms with van der Waals surface area (Å²) >= 11 is 0. The molecule has 11 heteroatoms. The van der Waals surface area contributed by atoms with E-state index < -0.39 is 33.3 Å². The van der Waals surface area contributed by atoms with Crippen LogP contribution in [0.15, 0.2) is 47.5 Å². The Labute approximate surface area is 206 Å². The number of anilines is 1. The van der Waals surface area contributed by atoms with E-state index in [0.29, 0.717) is 43.4 Å². The number of hydrogen-bond acceptors (Lipinski definition) is 3. The summed E-state index contributed by atoms with van der Waals surface area (Å²) in [6.45, 7) is 1.98. The van der Waals surface area contributed by atoms with E-state index in [2.05, 4.69) is 10.0 Å². The van der Waals surface area contributed by atoms with Gasteiger partial charge in [-0.2, -0.15) is 0 Å². The molecule has 4 rings (SSSR count). The summed E-state index contributed by atoms with van der Waals surface area (Å²) in [5.74, 6) is -5.51. The molecule has 0 aliphatic carbocycles. The fourth-order valence-electron chi connectivity index (χ4n) is 4.54. The molecule has 1 aromatic heterocycles. The molecule has 2 aromatic carbocycles. The highest BCUT2D eigenvalue weighted by Gasteiger charge is 2.32. The number of aryl methyl sites for hydroxylation is 2. The lowest BCUT2D eigenvalue weighted by Crippen LogP contribution is -2.37. The van der Waals surface area contributed by atoms with Crippen LogP contribution in [-0.2, 0) is 29.8 Å². The molecule has 0 saturated carbocycles. The van der Waals surface area contributed by atoms with E-state index in [1.807, 2.05) is 6.92 Å². The van der Waals surface area contributed by atoms with Crippen LogP contribution in [-0.4, -0.2) is 20.7 Å². The van der Waals surface area contributed by atoms with E-state index in [4.69, 9.17) is 4.78 Å². The van der Waals surface area contributed by atoms with Gasteiger partial charge in [-0.25, -0.2) is 31.3 Å². The van der Waals surface area contributed by atoms with Crippen molar-refractivity contribution in [1.29, 1.82) is 4.78 Å². The molecule has 1 aliphatic heterocycles. The van der Waals surface area contributed by atoms with Crippen LogP contribution in [0.4, 0.5) is 23.2 Å². The molecule has 0 fully saturated rings. The second kappa shape index (κ2) is 10.1. The van der Waals surface area contributed by atoms with Crippen molar-refractivity contribution in [2.45, 2.75) is 43.5 Å². The van der Waals surface area contributed by atoms with Gasteiger partial charge in [-0.15, -0.1) is 0 Å². The first-order valence-electron chi connectivity index (χ1n) is 11.4. The molecule has 1 aliphatic rings. The van der Waals surface area contributed by atoms with Crippen LogP contribution in [0.2, 0.25) is 0 Å². The number of halogens is 4.